The molecule has 0 radical (unpaired) electrons. The summed E-state index contributed by atoms with van der Waals surface area (Å²) in [5, 5.41) is 25.4. The SMILES string of the molecule is COCCNC(=O)[C@H](CCC(=O)N[C@H](C(=O)C[C@@H](CCCNC(N)=O)C(=O)NCCCCCC(=O)N(C)[C@@H](C)C(=O)O[C@H]1CC(=O)N(C)c2cc(cc(OC)c2Cl)C/C(C)=C/C=C/[C@@H](OC)[C@@]2(O)CC(OC(=O)N2)[C@@H](C)[C@@H]2O[C@@]12C)C(C)C)CC(=O)c1ccc(C(=O)C(CS(=O)(=O)CCOC)CS(=O)(=O)CCOC)cc1. The molecule has 3 heterocycles. The summed E-state index contributed by atoms with van der Waals surface area (Å²) in [4.78, 5) is 153. The van der Waals surface area contributed by atoms with Crippen molar-refractivity contribution >= 4 is 102 Å². The Hall–Kier alpha value is -7.96. The lowest BCUT2D eigenvalue weighted by Gasteiger charge is -2.42. The van der Waals surface area contributed by atoms with Crippen LogP contribution in [0.25, 0.3) is 0 Å². The molecule has 0 aliphatic carbocycles. The number of aliphatic hydroxyl groups is 1. The van der Waals surface area contributed by atoms with Crippen LogP contribution in [0.1, 0.15) is 145 Å². The number of unbranched alkanes of at least 4 members (excludes halogenated alkanes) is 2. The second-order valence-corrected chi connectivity index (χ2v) is 33.9. The highest BCUT2D eigenvalue weighted by atomic mass is 35.5. The first kappa shape index (κ1) is 93.6. The fourth-order valence-electron chi connectivity index (χ4n) is 13.3. The number of nitrogens with one attached hydrogen (secondary N) is 5. The number of esters is 1. The quantitative estimate of drug-likeness (QED) is 0.0204. The lowest BCUT2D eigenvalue weighted by atomic mass is 9.83. The van der Waals surface area contributed by atoms with Crippen LogP contribution in [0.5, 0.6) is 5.75 Å². The highest BCUT2D eigenvalue weighted by Crippen LogP contribution is 2.49. The van der Waals surface area contributed by atoms with Gasteiger partial charge in [0.05, 0.1) is 80.1 Å². The normalized spacial score (nSPS) is 22.0. The molecule has 2 aromatic rings. The van der Waals surface area contributed by atoms with Crippen LogP contribution in [-0.2, 0) is 92.8 Å². The zero-order valence-corrected chi connectivity index (χ0v) is 68.2. The number of urea groups is 1. The predicted octanol–water partition coefficient (Wildman–Crippen LogP) is 4.71. The molecule has 5 rings (SSSR count). The summed E-state index contributed by atoms with van der Waals surface area (Å²) < 4.78 is 96.2. The van der Waals surface area contributed by atoms with E-state index < -0.39 is 198 Å². The van der Waals surface area contributed by atoms with E-state index in [0.29, 0.717) is 37.1 Å². The molecule has 8 N–H and O–H groups in total. The van der Waals surface area contributed by atoms with E-state index in [0.717, 1.165) is 11.1 Å². The first-order chi connectivity index (χ1) is 52.3. The van der Waals surface area contributed by atoms with Crippen molar-refractivity contribution in [2.75, 3.05) is 117 Å². The Morgan fingerprint density at radius 3 is 1.99 bits per heavy atom. The number of likely N-dealkylation sites (N-methyl/N-ethyl adjacent to an activating group) is 1. The smallest absolute Gasteiger partial charge is 0.409 e. The fraction of sp³-hybridized carbons (Fsp3) is 0.645. The van der Waals surface area contributed by atoms with Crippen molar-refractivity contribution in [1.29, 1.82) is 0 Å². The number of anilines is 1. The zero-order valence-electron chi connectivity index (χ0n) is 65.8. The van der Waals surface area contributed by atoms with E-state index in [1.165, 1.54) is 90.6 Å². The van der Waals surface area contributed by atoms with Crippen LogP contribution in [0.4, 0.5) is 15.3 Å². The third-order valence-electron chi connectivity index (χ3n) is 20.2. The number of rotatable bonds is 43. The number of halogens is 1. The van der Waals surface area contributed by atoms with Crippen molar-refractivity contribution in [2.24, 2.45) is 35.3 Å². The Morgan fingerprint density at radius 2 is 1.40 bits per heavy atom. The number of hydrogen-bond donors (Lipinski definition) is 7. The number of nitrogens with zero attached hydrogens (tertiary/aromatic N) is 2. The Balaban J connectivity index is 1.21. The van der Waals surface area contributed by atoms with Crippen molar-refractivity contribution < 1.29 is 113 Å². The van der Waals surface area contributed by atoms with Crippen molar-refractivity contribution in [3.8, 4) is 5.75 Å². The van der Waals surface area contributed by atoms with Gasteiger partial charge in [0, 0.05) is 123 Å². The number of epoxide rings is 1. The minimum Gasteiger partial charge on any atom is -0.495 e. The standard InChI is InChI=1S/C76H113ClN8O24S2/c1-46(2)67(82-63(88)28-27-54(71(93)80-31-32-102-9)40-57(86)51-23-25-52(26-24-51)68(91)55(44-110(98,99)35-33-103-10)45-111(100,101)36-34-104-11)58(87)41-53(20-18-30-81-73(78)95)70(92)79-29-16-14-15-22-64(89)84(7)49(5)72(94)108-62-42-65(90)85(8)56-38-50(39-59(105-12)66(56)77)37-47(3)19-17-21-61(106-13)76(97)43-60(107-74(96)83-76)48(4)69-75(62,6)109-69/h17,19,21,23-26,38-39,46,48-49,53-55,60-62,67,69,97H,14-16,18,20,22,27-37,40-45H2,1-13H3,(H,79,92)(H,80,93)(H,82,88)(H,83,96)(H3,78,81,95)/b21-17+,47-19+/t48-,49+,53-,54-,60?,61-,62+,67+,69+,75+,76+/m1/s1. The number of carbonyl (C=O) groups is 11. The molecular formula is C76H113ClN8O24S2. The molecule has 8 amide bonds. The van der Waals surface area contributed by atoms with Gasteiger partial charge in [0.15, 0.2) is 42.7 Å². The molecule has 0 spiro atoms. The number of nitrogens with two attached hydrogens (primary N) is 1. The van der Waals surface area contributed by atoms with Gasteiger partial charge in [0.1, 0.15) is 40.7 Å². The summed E-state index contributed by atoms with van der Waals surface area (Å²) in [6.07, 6.45) is 0.235. The first-order valence-electron chi connectivity index (χ1n) is 37.1. The maximum Gasteiger partial charge on any atom is 0.409 e. The maximum atomic E-state index is 14.5. The van der Waals surface area contributed by atoms with Gasteiger partial charge in [-0.1, -0.05) is 86.9 Å². The molecule has 11 atom stereocenters. The molecule has 1 unspecified atom stereocenters. The number of hydrogen-bond acceptors (Lipinski definition) is 24. The van der Waals surface area contributed by atoms with E-state index in [9.17, 15) is 74.7 Å². The van der Waals surface area contributed by atoms with Gasteiger partial charge in [0.2, 0.25) is 29.5 Å². The molecular weight excluding hydrogens is 1510 g/mol. The Morgan fingerprint density at radius 1 is 0.793 bits per heavy atom. The third kappa shape index (κ3) is 28.6. The Kier molecular flexibility index (Phi) is 37.0. The fourth-order valence-corrected chi connectivity index (χ4v) is 16.7. The average molecular weight is 1620 g/mol. The number of allylic oxidation sites excluding steroid dienone is 3. The number of sulfone groups is 2. The van der Waals surface area contributed by atoms with Gasteiger partial charge >= 0.3 is 18.1 Å². The van der Waals surface area contributed by atoms with E-state index in [4.69, 9.17) is 55.2 Å². The number of benzene rings is 2. The molecule has 35 heteroatoms. The second-order valence-electron chi connectivity index (χ2n) is 29.1. The van der Waals surface area contributed by atoms with Gasteiger partial charge < -0.3 is 79.8 Å². The van der Waals surface area contributed by atoms with Crippen molar-refractivity contribution in [3.63, 3.8) is 0 Å². The summed E-state index contributed by atoms with van der Waals surface area (Å²) >= 11 is 6.86. The van der Waals surface area contributed by atoms with Gasteiger partial charge in [-0.15, -0.1) is 0 Å². The molecule has 111 heavy (non-hydrogen) atoms. The highest BCUT2D eigenvalue weighted by molar-refractivity contribution is 7.92. The van der Waals surface area contributed by atoms with Gasteiger partial charge in [0.25, 0.3) is 0 Å². The summed E-state index contributed by atoms with van der Waals surface area (Å²) in [5.41, 5.74) is 3.91. The minimum absolute atomic E-state index is 0.0202. The summed E-state index contributed by atoms with van der Waals surface area (Å²) in [6, 6.07) is 5.51. The number of methoxy groups -OCH3 is 5. The lowest BCUT2D eigenvalue weighted by Crippen LogP contribution is -2.63. The van der Waals surface area contributed by atoms with Crippen LogP contribution < -0.4 is 42.0 Å². The molecule has 3 aliphatic rings. The number of ketones is 3. The van der Waals surface area contributed by atoms with Crippen molar-refractivity contribution in [1.82, 2.24) is 31.5 Å². The number of Topliss-reactive ketones (excluding diaryl/α,β-unsaturated/α-hetero) is 3. The number of carbonyl (C=O) groups excluding carboxylic acids is 11. The van der Waals surface area contributed by atoms with Gasteiger partial charge in [-0.2, -0.15) is 0 Å². The van der Waals surface area contributed by atoms with E-state index in [2.05, 4.69) is 26.6 Å². The average Bonchev–Trinajstić information content (AvgIpc) is 1.57. The van der Waals surface area contributed by atoms with Crippen LogP contribution in [0.3, 0.4) is 0 Å². The van der Waals surface area contributed by atoms with Gasteiger partial charge in [-0.3, -0.25) is 43.7 Å². The Labute approximate surface area is 655 Å². The van der Waals surface area contributed by atoms with Crippen LogP contribution >= 0.6 is 11.6 Å². The molecule has 2 aromatic carbocycles. The topological polar surface area (TPSA) is 446 Å². The number of ether oxygens (including phenoxy) is 8. The monoisotopic (exact) mass is 1620 g/mol. The van der Waals surface area contributed by atoms with Crippen LogP contribution in [0.2, 0.25) is 5.02 Å². The van der Waals surface area contributed by atoms with Crippen LogP contribution in [0, 0.1) is 29.6 Å². The molecule has 0 aromatic heterocycles. The number of alkyl carbamates (subject to hydrolysis) is 1. The van der Waals surface area contributed by atoms with Crippen LogP contribution in [0.15, 0.2) is 60.2 Å². The summed E-state index contributed by atoms with van der Waals surface area (Å²) in [5.74, 6) is -12.2. The third-order valence-corrected chi connectivity index (χ3v) is 23.9. The molecule has 4 bridgehead atoms. The molecule has 2 fully saturated rings. The minimum atomic E-state index is -3.96. The molecule has 2 saturated heterocycles. The molecule has 3 aliphatic heterocycles. The molecule has 620 valence electrons. The first-order valence-corrected chi connectivity index (χ1v) is 41.1. The van der Waals surface area contributed by atoms with Crippen LogP contribution in [-0.4, -0.2) is 252 Å². The largest absolute Gasteiger partial charge is 0.495 e. The Bertz CT molecular complexity index is 3840. The number of fused-ring (bicyclic) bond motifs is 5. The van der Waals surface area contributed by atoms with E-state index in [-0.39, 0.29) is 101 Å². The zero-order chi connectivity index (χ0) is 82.7. The van der Waals surface area contributed by atoms with Gasteiger partial charge in [-0.25, -0.2) is 31.2 Å². The van der Waals surface area contributed by atoms with E-state index in [1.54, 1.807) is 52.0 Å². The van der Waals surface area contributed by atoms with E-state index in [1.807, 2.05) is 13.0 Å². The van der Waals surface area contributed by atoms with Gasteiger partial charge in [-0.05, 0) is 82.9 Å². The summed E-state index contributed by atoms with van der Waals surface area (Å²) in [7, 11) is 1.89. The lowest BCUT2D eigenvalue weighted by molar-refractivity contribution is -0.162. The number of amides is 8. The number of primary amides is 1. The van der Waals surface area contributed by atoms with Crippen molar-refractivity contribution in [3.05, 3.63) is 81.9 Å². The second kappa shape index (κ2) is 43.9. The van der Waals surface area contributed by atoms with Crippen molar-refractivity contribution in [2.45, 2.75) is 173 Å². The molecule has 0 saturated carbocycles. The summed E-state index contributed by atoms with van der Waals surface area (Å²) in [6.45, 7) is 10.2. The predicted molar refractivity (Wildman–Crippen MR) is 411 cm³/mol. The highest BCUT2D eigenvalue weighted by Gasteiger charge is 2.64. The van der Waals surface area contributed by atoms with E-state index >= 15 is 0 Å². The molecule has 32 nitrogen and oxygen atoms in total. The maximum absolute atomic E-state index is 14.5.